The summed E-state index contributed by atoms with van der Waals surface area (Å²) in [5, 5.41) is 9.21. The lowest BCUT2D eigenvalue weighted by atomic mass is 10.0. The lowest BCUT2D eigenvalue weighted by molar-refractivity contribution is -0.134. The first kappa shape index (κ1) is 14.5. The number of aromatic hydroxyl groups is 1. The van der Waals surface area contributed by atoms with Gasteiger partial charge < -0.3 is 9.84 Å². The minimum atomic E-state index is -0.431. The van der Waals surface area contributed by atoms with Gasteiger partial charge in [0.05, 0.1) is 7.11 Å². The van der Waals surface area contributed by atoms with Crippen molar-refractivity contribution in [1.29, 1.82) is 0 Å². The monoisotopic (exact) mass is 282 g/mol. The molecule has 0 aliphatic rings. The maximum atomic E-state index is 12.2. The number of esters is 1. The van der Waals surface area contributed by atoms with Gasteiger partial charge in [-0.1, -0.05) is 24.3 Å². The molecule has 0 aliphatic carbocycles. The highest BCUT2D eigenvalue weighted by Crippen LogP contribution is 2.15. The van der Waals surface area contributed by atoms with E-state index < -0.39 is 5.97 Å². The molecule has 0 bridgehead atoms. The molecule has 106 valence electrons. The van der Waals surface area contributed by atoms with Crippen molar-refractivity contribution in [3.05, 3.63) is 71.3 Å². The molecule has 0 atom stereocenters. The number of ketones is 1. The molecule has 1 N–H and O–H groups in total. The van der Waals surface area contributed by atoms with Crippen molar-refractivity contribution < 1.29 is 19.4 Å². The maximum absolute atomic E-state index is 12.2. The zero-order valence-corrected chi connectivity index (χ0v) is 11.4. The van der Waals surface area contributed by atoms with E-state index >= 15 is 0 Å². The van der Waals surface area contributed by atoms with Gasteiger partial charge in [-0.25, -0.2) is 4.79 Å². The Bertz CT molecular complexity index is 667. The molecule has 0 saturated heterocycles. The van der Waals surface area contributed by atoms with E-state index in [-0.39, 0.29) is 11.5 Å². The Morgan fingerprint density at radius 1 is 0.952 bits per heavy atom. The number of phenolic OH excluding ortho intramolecular Hbond substituents is 1. The first-order valence-corrected chi connectivity index (χ1v) is 6.30. The summed E-state index contributed by atoms with van der Waals surface area (Å²) in [4.78, 5) is 23.2. The Labute approximate surface area is 122 Å². The van der Waals surface area contributed by atoms with Gasteiger partial charge in [0, 0.05) is 17.2 Å². The van der Waals surface area contributed by atoms with E-state index in [9.17, 15) is 14.7 Å². The van der Waals surface area contributed by atoms with E-state index in [0.717, 1.165) is 5.56 Å². The number of carbonyl (C=O) groups is 2. The number of carbonyl (C=O) groups excluding carboxylic acids is 2. The number of hydrogen-bond acceptors (Lipinski definition) is 4. The molecule has 0 heterocycles. The second kappa shape index (κ2) is 6.52. The SMILES string of the molecule is COC(=O)C=Cc1ccc(C(=O)c2ccc(O)cc2)cc1. The Morgan fingerprint density at radius 2 is 1.48 bits per heavy atom. The molecule has 4 nitrogen and oxygen atoms in total. The third-order valence-electron chi connectivity index (χ3n) is 2.92. The van der Waals surface area contributed by atoms with Crippen LogP contribution in [0, 0.1) is 0 Å². The highest BCUT2D eigenvalue weighted by molar-refractivity contribution is 6.09. The molecule has 2 aromatic carbocycles. The number of benzene rings is 2. The smallest absolute Gasteiger partial charge is 0.330 e. The Kier molecular flexibility index (Phi) is 4.51. The summed E-state index contributed by atoms with van der Waals surface area (Å²) < 4.78 is 4.50. The van der Waals surface area contributed by atoms with Crippen molar-refractivity contribution in [1.82, 2.24) is 0 Å². The van der Waals surface area contributed by atoms with Gasteiger partial charge in [-0.05, 0) is 35.9 Å². The molecule has 0 saturated carbocycles. The molecule has 0 amide bonds. The zero-order valence-electron chi connectivity index (χ0n) is 11.4. The summed E-state index contributed by atoms with van der Waals surface area (Å²) in [6, 6.07) is 12.9. The van der Waals surface area contributed by atoms with Crippen molar-refractivity contribution in [2.75, 3.05) is 7.11 Å². The highest BCUT2D eigenvalue weighted by atomic mass is 16.5. The van der Waals surface area contributed by atoms with E-state index in [1.165, 1.54) is 25.3 Å². The van der Waals surface area contributed by atoms with Gasteiger partial charge >= 0.3 is 5.97 Å². The van der Waals surface area contributed by atoms with Gasteiger partial charge in [0.1, 0.15) is 5.75 Å². The molecule has 0 spiro atoms. The average Bonchev–Trinajstić information content (AvgIpc) is 2.53. The summed E-state index contributed by atoms with van der Waals surface area (Å²) in [5.74, 6) is -0.437. The average molecular weight is 282 g/mol. The predicted octanol–water partition coefficient (Wildman–Crippen LogP) is 2.81. The first-order chi connectivity index (χ1) is 10.1. The summed E-state index contributed by atoms with van der Waals surface area (Å²) >= 11 is 0. The van der Waals surface area contributed by atoms with E-state index in [4.69, 9.17) is 0 Å². The lowest BCUT2D eigenvalue weighted by Crippen LogP contribution is -2.00. The minimum absolute atomic E-state index is 0.120. The van der Waals surface area contributed by atoms with Crippen LogP contribution >= 0.6 is 0 Å². The van der Waals surface area contributed by atoms with E-state index in [0.29, 0.717) is 11.1 Å². The normalized spacial score (nSPS) is 10.5. The van der Waals surface area contributed by atoms with Crippen molar-refractivity contribution in [2.24, 2.45) is 0 Å². The van der Waals surface area contributed by atoms with Crippen molar-refractivity contribution in [3.8, 4) is 5.75 Å². The molecule has 0 aliphatic heterocycles. The Hall–Kier alpha value is -2.88. The molecule has 0 unspecified atom stereocenters. The molecule has 2 aromatic rings. The van der Waals surface area contributed by atoms with Gasteiger partial charge in [-0.3, -0.25) is 4.79 Å². The molecule has 0 fully saturated rings. The quantitative estimate of drug-likeness (QED) is 0.532. The summed E-state index contributed by atoms with van der Waals surface area (Å²) in [6.45, 7) is 0. The van der Waals surface area contributed by atoms with Crippen LogP contribution in [0.15, 0.2) is 54.6 Å². The minimum Gasteiger partial charge on any atom is -0.508 e. The number of ether oxygens (including phenoxy) is 1. The van der Waals surface area contributed by atoms with E-state index in [1.807, 2.05) is 0 Å². The first-order valence-electron chi connectivity index (χ1n) is 6.30. The third kappa shape index (κ3) is 3.79. The van der Waals surface area contributed by atoms with Crippen LogP contribution in [0.25, 0.3) is 6.08 Å². The van der Waals surface area contributed by atoms with Gasteiger partial charge in [0.15, 0.2) is 5.78 Å². The van der Waals surface area contributed by atoms with Crippen LogP contribution in [0.1, 0.15) is 21.5 Å². The molecular formula is C17H14O4. The second-order valence-corrected chi connectivity index (χ2v) is 4.35. The molecule has 0 aromatic heterocycles. The van der Waals surface area contributed by atoms with Crippen LogP contribution in [-0.4, -0.2) is 24.0 Å². The fraction of sp³-hybridized carbons (Fsp3) is 0.0588. The van der Waals surface area contributed by atoms with Crippen molar-refractivity contribution in [2.45, 2.75) is 0 Å². The fourth-order valence-corrected chi connectivity index (χ4v) is 1.76. The van der Waals surface area contributed by atoms with Crippen LogP contribution in [-0.2, 0) is 9.53 Å². The lowest BCUT2D eigenvalue weighted by Gasteiger charge is -2.02. The fourth-order valence-electron chi connectivity index (χ4n) is 1.76. The van der Waals surface area contributed by atoms with Gasteiger partial charge in [0.2, 0.25) is 0 Å². The standard InChI is InChI=1S/C17H14O4/c1-21-16(19)11-4-12-2-5-13(6-3-12)17(20)14-7-9-15(18)10-8-14/h2-11,18H,1H3. The van der Waals surface area contributed by atoms with Crippen LogP contribution in [0.3, 0.4) is 0 Å². The largest absolute Gasteiger partial charge is 0.508 e. The van der Waals surface area contributed by atoms with Crippen LogP contribution in [0.2, 0.25) is 0 Å². The molecular weight excluding hydrogens is 268 g/mol. The Balaban J connectivity index is 2.15. The summed E-state index contributed by atoms with van der Waals surface area (Å²) in [7, 11) is 1.31. The number of methoxy groups -OCH3 is 1. The zero-order chi connectivity index (χ0) is 15.2. The van der Waals surface area contributed by atoms with Gasteiger partial charge in [-0.15, -0.1) is 0 Å². The summed E-state index contributed by atoms with van der Waals surface area (Å²) in [5.41, 5.74) is 1.84. The van der Waals surface area contributed by atoms with E-state index in [1.54, 1.807) is 42.5 Å². The molecule has 2 rings (SSSR count). The highest BCUT2D eigenvalue weighted by Gasteiger charge is 2.08. The predicted molar refractivity (Wildman–Crippen MR) is 79.0 cm³/mol. The topological polar surface area (TPSA) is 63.6 Å². The van der Waals surface area contributed by atoms with E-state index in [2.05, 4.69) is 4.74 Å². The maximum Gasteiger partial charge on any atom is 0.330 e. The van der Waals surface area contributed by atoms with Gasteiger partial charge in [-0.2, -0.15) is 0 Å². The third-order valence-corrected chi connectivity index (χ3v) is 2.92. The molecule has 4 heteroatoms. The number of rotatable bonds is 4. The van der Waals surface area contributed by atoms with Crippen LogP contribution in [0.4, 0.5) is 0 Å². The summed E-state index contributed by atoms with van der Waals surface area (Å²) in [6.07, 6.45) is 2.93. The van der Waals surface area contributed by atoms with Crippen molar-refractivity contribution >= 4 is 17.8 Å². The van der Waals surface area contributed by atoms with Crippen LogP contribution in [0.5, 0.6) is 5.75 Å². The molecule has 0 radical (unpaired) electrons. The van der Waals surface area contributed by atoms with Crippen molar-refractivity contribution in [3.63, 3.8) is 0 Å². The van der Waals surface area contributed by atoms with Gasteiger partial charge in [0.25, 0.3) is 0 Å². The van der Waals surface area contributed by atoms with Crippen LogP contribution < -0.4 is 0 Å². The second-order valence-electron chi connectivity index (χ2n) is 4.35. The number of hydrogen-bond donors (Lipinski definition) is 1. The molecule has 21 heavy (non-hydrogen) atoms. The Morgan fingerprint density at radius 3 is 2.00 bits per heavy atom. The number of phenols is 1.